The molecule has 1 aromatic heterocycles. The molecule has 1 atom stereocenters. The van der Waals surface area contributed by atoms with Crippen LogP contribution < -0.4 is 5.73 Å². The Hall–Kier alpha value is -1.63. The van der Waals surface area contributed by atoms with Crippen molar-refractivity contribution in [1.29, 1.82) is 0 Å². The Balaban J connectivity index is 0.00000162. The lowest BCUT2D eigenvalue weighted by atomic mass is 10.0. The molecule has 1 heterocycles. The first-order chi connectivity index (χ1) is 8.09. The van der Waals surface area contributed by atoms with Crippen LogP contribution in [-0.2, 0) is 0 Å². The minimum Gasteiger partial charge on any atom is -0.508 e. The van der Waals surface area contributed by atoms with Gasteiger partial charge < -0.3 is 10.8 Å². The lowest BCUT2D eigenvalue weighted by Gasteiger charge is -2.11. The van der Waals surface area contributed by atoms with Gasteiger partial charge in [0.15, 0.2) is 0 Å². The lowest BCUT2D eigenvalue weighted by molar-refractivity contribution is -0.385. The number of phenolic OH excluding ortho intramolecular Hbond substituents is 1. The van der Waals surface area contributed by atoms with E-state index >= 15 is 0 Å². The number of nitro benzene ring substituents is 1. The fourth-order valence-corrected chi connectivity index (χ4v) is 2.29. The molecule has 5 nitrogen and oxygen atoms in total. The smallest absolute Gasteiger partial charge is 0.274 e. The largest absolute Gasteiger partial charge is 0.508 e. The number of hydrogen-bond donors (Lipinski definition) is 2. The third-order valence-electron chi connectivity index (χ3n) is 2.45. The van der Waals surface area contributed by atoms with Crippen molar-refractivity contribution in [3.05, 3.63) is 56.3 Å². The molecule has 0 aliphatic rings. The van der Waals surface area contributed by atoms with Gasteiger partial charge in [-0.2, -0.15) is 11.3 Å². The maximum atomic E-state index is 10.9. The highest BCUT2D eigenvalue weighted by Gasteiger charge is 2.21. The highest BCUT2D eigenvalue weighted by Crippen LogP contribution is 2.31. The number of nitro groups is 1. The van der Waals surface area contributed by atoms with Crippen LogP contribution in [0, 0.1) is 10.1 Å². The van der Waals surface area contributed by atoms with Gasteiger partial charge in [0.25, 0.3) is 5.69 Å². The monoisotopic (exact) mass is 286 g/mol. The summed E-state index contributed by atoms with van der Waals surface area (Å²) in [6.45, 7) is 0. The number of hydrogen-bond acceptors (Lipinski definition) is 5. The van der Waals surface area contributed by atoms with E-state index in [1.54, 1.807) is 0 Å². The molecule has 96 valence electrons. The van der Waals surface area contributed by atoms with E-state index < -0.39 is 11.0 Å². The fourth-order valence-electron chi connectivity index (χ4n) is 1.59. The number of thiophene rings is 1. The maximum Gasteiger partial charge on any atom is 0.274 e. The number of phenols is 1. The molecule has 0 unspecified atom stereocenters. The molecule has 0 aliphatic carbocycles. The Morgan fingerprint density at radius 1 is 1.39 bits per heavy atom. The van der Waals surface area contributed by atoms with Crippen LogP contribution in [0.4, 0.5) is 5.69 Å². The van der Waals surface area contributed by atoms with E-state index in [1.165, 1.54) is 29.5 Å². The van der Waals surface area contributed by atoms with Crippen LogP contribution in [0.1, 0.15) is 17.2 Å². The standard InChI is InChI=1S/C11H10N2O3S.ClH/c12-11(7-3-4-17-6-7)9-5-8(14)1-2-10(9)13(15)16;/h1-6,11,14H,12H2;1H/t11-;/m1./s1. The van der Waals surface area contributed by atoms with Crippen LogP contribution in [-0.4, -0.2) is 10.0 Å². The van der Waals surface area contributed by atoms with E-state index in [-0.39, 0.29) is 23.8 Å². The van der Waals surface area contributed by atoms with Crippen LogP contribution >= 0.6 is 23.7 Å². The second kappa shape index (κ2) is 5.81. The zero-order valence-corrected chi connectivity index (χ0v) is 10.8. The van der Waals surface area contributed by atoms with Gasteiger partial charge in [0.2, 0.25) is 0 Å². The summed E-state index contributed by atoms with van der Waals surface area (Å²) in [6.07, 6.45) is 0. The predicted octanol–water partition coefficient (Wildman–Crippen LogP) is 2.83. The Labute approximate surface area is 113 Å². The third kappa shape index (κ3) is 2.79. The molecular formula is C11H11ClN2O3S. The second-order valence-corrected chi connectivity index (χ2v) is 4.31. The van der Waals surface area contributed by atoms with Gasteiger partial charge in [0.05, 0.1) is 16.5 Å². The van der Waals surface area contributed by atoms with Gasteiger partial charge in [-0.15, -0.1) is 12.4 Å². The molecule has 1 aromatic carbocycles. The van der Waals surface area contributed by atoms with Gasteiger partial charge in [-0.25, -0.2) is 0 Å². The molecule has 2 rings (SSSR count). The van der Waals surface area contributed by atoms with Gasteiger partial charge in [0.1, 0.15) is 5.75 Å². The number of rotatable bonds is 3. The van der Waals surface area contributed by atoms with E-state index in [2.05, 4.69) is 0 Å². The summed E-state index contributed by atoms with van der Waals surface area (Å²) in [5.74, 6) is -0.0312. The molecule has 0 saturated carbocycles. The minimum absolute atomic E-state index is 0. The van der Waals surface area contributed by atoms with E-state index in [1.807, 2.05) is 16.8 Å². The van der Waals surface area contributed by atoms with Gasteiger partial charge in [-0.05, 0) is 34.5 Å². The molecule has 0 amide bonds. The molecule has 2 aromatic rings. The molecule has 0 spiro atoms. The average molecular weight is 287 g/mol. The Bertz CT molecular complexity index is 545. The minimum atomic E-state index is -0.603. The maximum absolute atomic E-state index is 10.9. The topological polar surface area (TPSA) is 89.4 Å². The summed E-state index contributed by atoms with van der Waals surface area (Å²) in [6, 6.07) is 5.08. The number of benzene rings is 1. The van der Waals surface area contributed by atoms with Gasteiger partial charge in [-0.1, -0.05) is 0 Å². The van der Waals surface area contributed by atoms with Crippen LogP contribution in [0.2, 0.25) is 0 Å². The fraction of sp³-hybridized carbons (Fsp3) is 0.0909. The molecule has 0 aliphatic heterocycles. The predicted molar refractivity (Wildman–Crippen MR) is 72.4 cm³/mol. The quantitative estimate of drug-likeness (QED) is 0.670. The second-order valence-electron chi connectivity index (χ2n) is 3.53. The molecule has 0 bridgehead atoms. The van der Waals surface area contributed by atoms with Crippen molar-refractivity contribution in [2.45, 2.75) is 6.04 Å². The SMILES string of the molecule is Cl.N[C@H](c1ccsc1)c1cc(O)ccc1[N+](=O)[O-]. The Morgan fingerprint density at radius 2 is 2.11 bits per heavy atom. The first-order valence-corrected chi connectivity index (χ1v) is 5.79. The highest BCUT2D eigenvalue weighted by atomic mass is 35.5. The van der Waals surface area contributed by atoms with E-state index in [9.17, 15) is 15.2 Å². The summed E-state index contributed by atoms with van der Waals surface area (Å²) in [5.41, 5.74) is 6.99. The van der Waals surface area contributed by atoms with Gasteiger partial charge in [-0.3, -0.25) is 10.1 Å². The normalized spacial score (nSPS) is 11.6. The highest BCUT2D eigenvalue weighted by molar-refractivity contribution is 7.08. The van der Waals surface area contributed by atoms with E-state index in [0.29, 0.717) is 5.56 Å². The lowest BCUT2D eigenvalue weighted by Crippen LogP contribution is -2.12. The van der Waals surface area contributed by atoms with Crippen molar-refractivity contribution in [1.82, 2.24) is 0 Å². The van der Waals surface area contributed by atoms with E-state index in [0.717, 1.165) is 5.56 Å². The molecule has 0 radical (unpaired) electrons. The number of nitrogens with zero attached hydrogens (tertiary/aromatic N) is 1. The summed E-state index contributed by atoms with van der Waals surface area (Å²) in [5, 5.41) is 24.0. The molecule has 3 N–H and O–H groups in total. The number of nitrogens with two attached hydrogens (primary N) is 1. The van der Waals surface area contributed by atoms with Crippen molar-refractivity contribution in [2.75, 3.05) is 0 Å². The first-order valence-electron chi connectivity index (χ1n) is 4.84. The van der Waals surface area contributed by atoms with Crippen molar-refractivity contribution in [3.63, 3.8) is 0 Å². The van der Waals surface area contributed by atoms with E-state index in [4.69, 9.17) is 5.73 Å². The van der Waals surface area contributed by atoms with Crippen molar-refractivity contribution in [3.8, 4) is 5.75 Å². The molecule has 0 fully saturated rings. The van der Waals surface area contributed by atoms with Crippen LogP contribution in [0.5, 0.6) is 5.75 Å². The summed E-state index contributed by atoms with van der Waals surface area (Å²) < 4.78 is 0. The van der Waals surface area contributed by atoms with Crippen molar-refractivity contribution in [2.24, 2.45) is 5.73 Å². The Kier molecular flexibility index (Phi) is 4.66. The van der Waals surface area contributed by atoms with Gasteiger partial charge >= 0.3 is 0 Å². The van der Waals surface area contributed by atoms with Gasteiger partial charge in [0, 0.05) is 6.07 Å². The first kappa shape index (κ1) is 14.4. The van der Waals surface area contributed by atoms with Crippen molar-refractivity contribution >= 4 is 29.4 Å². The average Bonchev–Trinajstić information content (AvgIpc) is 2.80. The number of aromatic hydroxyl groups is 1. The summed E-state index contributed by atoms with van der Waals surface area (Å²) in [7, 11) is 0. The third-order valence-corrected chi connectivity index (χ3v) is 3.15. The summed E-state index contributed by atoms with van der Waals surface area (Å²) >= 11 is 1.47. The van der Waals surface area contributed by atoms with Crippen LogP contribution in [0.3, 0.4) is 0 Å². The Morgan fingerprint density at radius 3 is 2.67 bits per heavy atom. The zero-order valence-electron chi connectivity index (χ0n) is 9.15. The summed E-state index contributed by atoms with van der Waals surface area (Å²) in [4.78, 5) is 10.4. The van der Waals surface area contributed by atoms with Crippen molar-refractivity contribution < 1.29 is 10.0 Å². The van der Waals surface area contributed by atoms with Crippen LogP contribution in [0.25, 0.3) is 0 Å². The molecular weight excluding hydrogens is 276 g/mol. The molecule has 7 heteroatoms. The van der Waals surface area contributed by atoms with Crippen LogP contribution in [0.15, 0.2) is 35.0 Å². The zero-order chi connectivity index (χ0) is 12.4. The molecule has 0 saturated heterocycles. The number of halogens is 1. The molecule has 18 heavy (non-hydrogen) atoms.